The zero-order chi connectivity index (χ0) is 25.3. The van der Waals surface area contributed by atoms with Gasteiger partial charge in [0.25, 0.3) is 5.91 Å². The zero-order valence-electron chi connectivity index (χ0n) is 19.9. The Morgan fingerprint density at radius 1 is 1.14 bits per heavy atom. The lowest BCUT2D eigenvalue weighted by molar-refractivity contribution is -0.117. The molecule has 1 amide bonds. The molecule has 1 fully saturated rings. The number of nitrogens with one attached hydrogen (secondary N) is 2. The van der Waals surface area contributed by atoms with Crippen molar-refractivity contribution in [1.29, 1.82) is 5.26 Å². The van der Waals surface area contributed by atoms with Crippen LogP contribution in [-0.4, -0.2) is 79.7 Å². The topological polar surface area (TPSA) is 131 Å². The van der Waals surface area contributed by atoms with E-state index in [1.165, 1.54) is 6.08 Å². The number of amides is 1. The van der Waals surface area contributed by atoms with Gasteiger partial charge in [0.2, 0.25) is 0 Å². The molecule has 1 unspecified atom stereocenters. The van der Waals surface area contributed by atoms with Crippen LogP contribution in [-0.2, 0) is 9.53 Å². The number of morpholine rings is 1. The van der Waals surface area contributed by atoms with Gasteiger partial charge >= 0.3 is 0 Å². The average Bonchev–Trinajstić information content (AvgIpc) is 3.39. The van der Waals surface area contributed by atoms with Gasteiger partial charge in [-0.25, -0.2) is 0 Å². The molecule has 1 aliphatic heterocycles. The Bertz CT molecular complexity index is 1260. The van der Waals surface area contributed by atoms with Crippen molar-refractivity contribution in [2.24, 2.45) is 0 Å². The summed E-state index contributed by atoms with van der Waals surface area (Å²) in [6, 6.07) is 17.6. The van der Waals surface area contributed by atoms with E-state index in [1.54, 1.807) is 12.1 Å². The standard InChI is InChI=1S/C27H30N4O5/c28-16-22(27(34)30-17-24(33)18-32)15-25-5-6-26(36-25)21-2-1-20-14-23(4-3-19(20)13-21)29-7-8-31-9-11-35-12-10-31/h1-6,13-15,24,29,32-33H,7-12,17-18H2,(H,30,34). The molecule has 4 N–H and O–H groups in total. The number of hydrogen-bond donors (Lipinski definition) is 4. The van der Waals surface area contributed by atoms with Crippen LogP contribution in [0.15, 0.2) is 58.5 Å². The van der Waals surface area contributed by atoms with Crippen molar-refractivity contribution in [3.8, 4) is 17.4 Å². The Morgan fingerprint density at radius 2 is 1.92 bits per heavy atom. The van der Waals surface area contributed by atoms with E-state index in [1.807, 2.05) is 24.3 Å². The third kappa shape index (κ3) is 6.71. The predicted molar refractivity (Wildman–Crippen MR) is 137 cm³/mol. The van der Waals surface area contributed by atoms with Crippen molar-refractivity contribution in [3.63, 3.8) is 0 Å². The van der Waals surface area contributed by atoms with Crippen LogP contribution in [0.3, 0.4) is 0 Å². The highest BCUT2D eigenvalue weighted by Crippen LogP contribution is 2.28. The lowest BCUT2D eigenvalue weighted by Crippen LogP contribution is -2.38. The number of furan rings is 1. The van der Waals surface area contributed by atoms with Crippen LogP contribution in [0.5, 0.6) is 0 Å². The number of aliphatic hydroxyl groups is 2. The number of nitriles is 1. The molecule has 0 spiro atoms. The molecule has 1 aliphatic rings. The van der Waals surface area contributed by atoms with Gasteiger partial charge in [-0.1, -0.05) is 18.2 Å². The van der Waals surface area contributed by atoms with E-state index in [4.69, 9.17) is 14.3 Å². The molecule has 0 aliphatic carbocycles. The van der Waals surface area contributed by atoms with Crippen molar-refractivity contribution in [1.82, 2.24) is 10.2 Å². The number of aliphatic hydroxyl groups excluding tert-OH is 2. The third-order valence-corrected chi connectivity index (χ3v) is 5.97. The fourth-order valence-electron chi connectivity index (χ4n) is 3.94. The van der Waals surface area contributed by atoms with Gasteiger partial charge in [-0.15, -0.1) is 0 Å². The van der Waals surface area contributed by atoms with E-state index < -0.39 is 18.6 Å². The summed E-state index contributed by atoms with van der Waals surface area (Å²) in [6.45, 7) is 4.78. The van der Waals surface area contributed by atoms with Gasteiger partial charge in [-0.05, 0) is 41.1 Å². The number of anilines is 1. The third-order valence-electron chi connectivity index (χ3n) is 5.97. The van der Waals surface area contributed by atoms with Gasteiger partial charge in [0, 0.05) is 50.1 Å². The van der Waals surface area contributed by atoms with Gasteiger partial charge in [0.05, 0.1) is 25.9 Å². The summed E-state index contributed by atoms with van der Waals surface area (Å²) in [5, 5.41) is 35.6. The van der Waals surface area contributed by atoms with Crippen molar-refractivity contribution in [2.45, 2.75) is 6.10 Å². The Labute approximate surface area is 209 Å². The zero-order valence-corrected chi connectivity index (χ0v) is 19.9. The van der Waals surface area contributed by atoms with Crippen LogP contribution in [0.4, 0.5) is 5.69 Å². The molecule has 2 aromatic carbocycles. The fraction of sp³-hybridized carbons (Fsp3) is 0.333. The predicted octanol–water partition coefficient (Wildman–Crippen LogP) is 2.22. The van der Waals surface area contributed by atoms with Gasteiger partial charge in [0.1, 0.15) is 23.2 Å². The summed E-state index contributed by atoms with van der Waals surface area (Å²) in [5.41, 5.74) is 1.79. The molecule has 0 bridgehead atoms. The Balaban J connectivity index is 1.40. The van der Waals surface area contributed by atoms with E-state index >= 15 is 0 Å². The molecule has 9 nitrogen and oxygen atoms in total. The second-order valence-corrected chi connectivity index (χ2v) is 8.58. The first-order chi connectivity index (χ1) is 17.6. The van der Waals surface area contributed by atoms with Crippen LogP contribution < -0.4 is 10.6 Å². The van der Waals surface area contributed by atoms with E-state index in [-0.39, 0.29) is 12.1 Å². The van der Waals surface area contributed by atoms with Crippen molar-refractivity contribution < 1.29 is 24.2 Å². The molecule has 4 rings (SSSR count). The Kier molecular flexibility index (Phi) is 8.71. The monoisotopic (exact) mass is 490 g/mol. The maximum Gasteiger partial charge on any atom is 0.262 e. The summed E-state index contributed by atoms with van der Waals surface area (Å²) >= 11 is 0. The highest BCUT2D eigenvalue weighted by molar-refractivity contribution is 6.01. The van der Waals surface area contributed by atoms with E-state index in [0.29, 0.717) is 11.5 Å². The number of rotatable bonds is 10. The van der Waals surface area contributed by atoms with Crippen molar-refractivity contribution in [3.05, 3.63) is 59.9 Å². The lowest BCUT2D eigenvalue weighted by Gasteiger charge is -2.26. The minimum absolute atomic E-state index is 0.153. The molecule has 1 aromatic heterocycles. The average molecular weight is 491 g/mol. The molecule has 3 aromatic rings. The highest BCUT2D eigenvalue weighted by atomic mass is 16.5. The number of benzene rings is 2. The van der Waals surface area contributed by atoms with Crippen LogP contribution >= 0.6 is 0 Å². The van der Waals surface area contributed by atoms with Crippen LogP contribution in [0.25, 0.3) is 28.2 Å². The second kappa shape index (κ2) is 12.3. The number of hydrogen-bond acceptors (Lipinski definition) is 8. The Hall–Kier alpha value is -3.68. The van der Waals surface area contributed by atoms with Crippen LogP contribution in [0, 0.1) is 11.3 Å². The summed E-state index contributed by atoms with van der Waals surface area (Å²) in [4.78, 5) is 14.5. The smallest absolute Gasteiger partial charge is 0.262 e. The van der Waals surface area contributed by atoms with Crippen LogP contribution in [0.2, 0.25) is 0 Å². The van der Waals surface area contributed by atoms with Gasteiger partial charge < -0.3 is 30.0 Å². The largest absolute Gasteiger partial charge is 0.457 e. The molecule has 0 saturated carbocycles. The van der Waals surface area contributed by atoms with Gasteiger partial charge in [0.15, 0.2) is 0 Å². The summed E-state index contributed by atoms with van der Waals surface area (Å²) in [5.74, 6) is 0.326. The fourth-order valence-corrected chi connectivity index (χ4v) is 3.94. The minimum atomic E-state index is -1.08. The van der Waals surface area contributed by atoms with Crippen LogP contribution in [0.1, 0.15) is 5.76 Å². The van der Waals surface area contributed by atoms with E-state index in [2.05, 4.69) is 33.7 Å². The van der Waals surface area contributed by atoms with Gasteiger partial charge in [-0.2, -0.15) is 5.26 Å². The number of carbonyl (C=O) groups excluding carboxylic acids is 1. The molecular weight excluding hydrogens is 460 g/mol. The first kappa shape index (κ1) is 25.4. The lowest BCUT2D eigenvalue weighted by atomic mass is 10.0. The molecule has 1 saturated heterocycles. The molecule has 36 heavy (non-hydrogen) atoms. The Morgan fingerprint density at radius 3 is 2.69 bits per heavy atom. The number of ether oxygens (including phenoxy) is 1. The van der Waals surface area contributed by atoms with E-state index in [9.17, 15) is 15.2 Å². The second-order valence-electron chi connectivity index (χ2n) is 8.58. The maximum atomic E-state index is 12.1. The first-order valence-electron chi connectivity index (χ1n) is 11.9. The quantitative estimate of drug-likeness (QED) is 0.251. The molecule has 188 valence electrons. The molecule has 9 heteroatoms. The van der Waals surface area contributed by atoms with Crippen molar-refractivity contribution in [2.75, 3.05) is 57.9 Å². The molecule has 0 radical (unpaired) electrons. The normalized spacial score (nSPS) is 15.4. The summed E-state index contributed by atoms with van der Waals surface area (Å²) in [7, 11) is 0. The minimum Gasteiger partial charge on any atom is -0.457 e. The molecule has 2 heterocycles. The summed E-state index contributed by atoms with van der Waals surface area (Å²) < 4.78 is 11.3. The molecular formula is C27H30N4O5. The van der Waals surface area contributed by atoms with E-state index in [0.717, 1.165) is 61.4 Å². The highest BCUT2D eigenvalue weighted by Gasteiger charge is 2.13. The molecule has 1 atom stereocenters. The maximum absolute atomic E-state index is 12.1. The summed E-state index contributed by atoms with van der Waals surface area (Å²) in [6.07, 6.45) is 0.263. The first-order valence-corrected chi connectivity index (χ1v) is 11.9. The SMILES string of the molecule is N#CC(=Cc1ccc(-c2ccc3cc(NCCN4CCOCC4)ccc3c2)o1)C(=O)NCC(O)CO. The number of nitrogens with zero attached hydrogens (tertiary/aromatic N) is 2. The van der Waals surface area contributed by atoms with Crippen molar-refractivity contribution >= 4 is 28.4 Å². The van der Waals surface area contributed by atoms with Gasteiger partial charge in [-0.3, -0.25) is 9.69 Å². The number of fused-ring (bicyclic) bond motifs is 1. The number of carbonyl (C=O) groups is 1.